The van der Waals surface area contributed by atoms with Crippen molar-refractivity contribution in [3.8, 4) is 28.6 Å². The van der Waals surface area contributed by atoms with Crippen molar-refractivity contribution in [1.82, 2.24) is 19.9 Å². The summed E-state index contributed by atoms with van der Waals surface area (Å²) in [5.41, 5.74) is 4.74. The first kappa shape index (κ1) is 45.4. The van der Waals surface area contributed by atoms with Crippen LogP contribution in [0.1, 0.15) is 108 Å². The Morgan fingerprint density at radius 2 is 1.63 bits per heavy atom. The third-order valence-electron chi connectivity index (χ3n) is 12.5. The van der Waals surface area contributed by atoms with Crippen LogP contribution in [0, 0.1) is 17.3 Å². The molecule has 3 aliphatic heterocycles. The molecule has 62 heavy (non-hydrogen) atoms. The van der Waals surface area contributed by atoms with Gasteiger partial charge in [-0.1, -0.05) is 59.6 Å². The number of nitrogens with zero attached hydrogens (tertiary/aromatic N) is 5. The molecule has 0 aliphatic carbocycles. The third kappa shape index (κ3) is 8.30. The van der Waals surface area contributed by atoms with Crippen LogP contribution in [0.3, 0.4) is 0 Å². The predicted molar refractivity (Wildman–Crippen MR) is 246 cm³/mol. The van der Waals surface area contributed by atoms with Gasteiger partial charge in [0.05, 0.1) is 18.1 Å². The van der Waals surface area contributed by atoms with E-state index in [9.17, 15) is 14.1 Å². The van der Waals surface area contributed by atoms with E-state index in [-0.39, 0.29) is 39.7 Å². The number of hydrogen-bond donors (Lipinski definition) is 1. The fraction of sp³-hybridized carbons (Fsp3) is 0.553. The van der Waals surface area contributed by atoms with E-state index in [1.54, 1.807) is 26.8 Å². The molecule has 2 bridgehead atoms. The number of hydrogen-bond acceptors (Lipinski definition) is 10. The summed E-state index contributed by atoms with van der Waals surface area (Å²) in [6.07, 6.45) is 1.27. The Kier molecular flexibility index (Phi) is 12.1. The van der Waals surface area contributed by atoms with E-state index < -0.39 is 60.6 Å². The van der Waals surface area contributed by atoms with Gasteiger partial charge in [-0.2, -0.15) is 9.97 Å². The summed E-state index contributed by atoms with van der Waals surface area (Å²) < 4.78 is 49.5. The van der Waals surface area contributed by atoms with Crippen molar-refractivity contribution >= 4 is 64.6 Å². The largest absolute Gasteiger partial charge is 0.609 e. The molecule has 0 radical (unpaired) electrons. The Hall–Kier alpha value is -4.65. The number of amides is 2. The van der Waals surface area contributed by atoms with E-state index in [4.69, 9.17) is 24.2 Å². The van der Waals surface area contributed by atoms with Crippen molar-refractivity contribution in [2.45, 2.75) is 160 Å². The second-order valence-electron chi connectivity index (χ2n) is 19.9. The van der Waals surface area contributed by atoms with Crippen molar-refractivity contribution in [3.63, 3.8) is 0 Å². The normalized spacial score (nSPS) is 20.5. The average molecular weight is 885 g/mol. The van der Waals surface area contributed by atoms with Crippen LogP contribution < -0.4 is 15.0 Å². The van der Waals surface area contributed by atoms with Gasteiger partial charge in [0.15, 0.2) is 11.6 Å². The highest BCUT2D eigenvalue weighted by Crippen LogP contribution is 2.48. The quantitative estimate of drug-likeness (QED) is 0.0861. The zero-order chi connectivity index (χ0) is 45.4. The number of piperazine rings is 1. The topological polar surface area (TPSA) is 142 Å². The number of fused-ring (bicyclic) bond motifs is 6. The molecule has 4 aromatic rings. The number of aromatic nitrogens is 3. The van der Waals surface area contributed by atoms with Gasteiger partial charge in [-0.05, 0) is 102 Å². The van der Waals surface area contributed by atoms with E-state index in [2.05, 4.69) is 68.2 Å². The summed E-state index contributed by atoms with van der Waals surface area (Å²) in [5, 5.41) is 4.41. The predicted octanol–water partition coefficient (Wildman–Crippen LogP) is 10.4. The molecule has 2 aromatic carbocycles. The smallest absolute Gasteiger partial charge is 0.412 e. The van der Waals surface area contributed by atoms with Crippen molar-refractivity contribution < 1.29 is 32.7 Å². The SMILES string of the molecule is CC(C)[Si](C#Cc1cccc2cc(NC(=O)OC(C)(C)C)cc(-c3nc4c5c(nc([S+](C)[O-])nc5c3F)N3C[C@H]5CC[C@@H]([C@H]3[C@H](C)O4)N5C(=O)OC(C)(C)C)c12)(C(C)C)C(C)C. The van der Waals surface area contributed by atoms with Crippen LogP contribution >= 0.6 is 0 Å². The number of carbonyl (C=O) groups is 2. The summed E-state index contributed by atoms with van der Waals surface area (Å²) in [5.74, 6) is 3.30. The number of nitrogens with one attached hydrogen (secondary N) is 1. The molecule has 2 fully saturated rings. The highest BCUT2D eigenvalue weighted by atomic mass is 32.2. The first-order valence-electron chi connectivity index (χ1n) is 21.7. The molecule has 2 saturated heterocycles. The molecule has 7 rings (SSSR count). The molecule has 1 unspecified atom stereocenters. The molecule has 0 saturated carbocycles. The number of pyridine rings is 1. The number of carbonyl (C=O) groups excluding carboxylic acids is 2. The van der Waals surface area contributed by atoms with E-state index >= 15 is 4.39 Å². The Morgan fingerprint density at radius 1 is 0.968 bits per heavy atom. The Morgan fingerprint density at radius 3 is 2.24 bits per heavy atom. The van der Waals surface area contributed by atoms with Crippen LogP contribution in [-0.4, -0.2) is 92.9 Å². The third-order valence-corrected chi connectivity index (χ3v) is 19.5. The molecule has 12 nitrogen and oxygen atoms in total. The molecule has 0 spiro atoms. The Bertz CT molecular complexity index is 2470. The van der Waals surface area contributed by atoms with Crippen molar-refractivity contribution in [1.29, 1.82) is 0 Å². The van der Waals surface area contributed by atoms with E-state index in [1.807, 2.05) is 56.9 Å². The zero-order valence-corrected chi connectivity index (χ0v) is 40.3. The standard InChI is InChI=1S/C47H61FN6O6SSi/c1-25(2)62(26(3)4,27(5)6)21-20-29-16-15-17-30-22-31(49-44(55)59-46(8,9)10)23-33(35(29)30)38-37(48)39-36-41(52-43(51-39)61(14)57)53-24-32-18-19-34(40(53)28(7)58-42(36)50-38)54(32)45(56)60-47(11,12)13/h15-17,22-23,25-28,32,34,40H,18-19,24H2,1-14H3,(H,49,55)/t28-,32+,34-,40+,61?/m0/s1. The lowest BCUT2D eigenvalue weighted by Gasteiger charge is -2.48. The molecule has 2 amide bonds. The maximum atomic E-state index is 17.9. The maximum Gasteiger partial charge on any atom is 0.412 e. The molecular weight excluding hydrogens is 824 g/mol. The van der Waals surface area contributed by atoms with Crippen LogP contribution in [0.5, 0.6) is 5.88 Å². The number of benzene rings is 2. The van der Waals surface area contributed by atoms with Gasteiger partial charge in [0.25, 0.3) is 0 Å². The van der Waals surface area contributed by atoms with Crippen molar-refractivity contribution in [3.05, 3.63) is 41.7 Å². The molecule has 15 heteroatoms. The fourth-order valence-corrected chi connectivity index (χ4v) is 15.8. The van der Waals surface area contributed by atoms with Crippen LogP contribution in [0.2, 0.25) is 16.6 Å². The van der Waals surface area contributed by atoms with Gasteiger partial charge in [-0.25, -0.2) is 19.0 Å². The molecule has 3 aliphatic rings. The highest BCUT2D eigenvalue weighted by molar-refractivity contribution is 7.90. The van der Waals surface area contributed by atoms with Gasteiger partial charge in [-0.3, -0.25) is 10.2 Å². The van der Waals surface area contributed by atoms with Crippen molar-refractivity contribution in [2.24, 2.45) is 0 Å². The minimum atomic E-state index is -2.21. The lowest BCUT2D eigenvalue weighted by atomic mass is 9.95. The van der Waals surface area contributed by atoms with Gasteiger partial charge in [-0.15, -0.1) is 5.54 Å². The average Bonchev–Trinajstić information content (AvgIpc) is 3.40. The Balaban J connectivity index is 1.48. The van der Waals surface area contributed by atoms with Crippen molar-refractivity contribution in [2.75, 3.05) is 23.0 Å². The monoisotopic (exact) mass is 884 g/mol. The lowest BCUT2D eigenvalue weighted by molar-refractivity contribution is 0.000926. The zero-order valence-electron chi connectivity index (χ0n) is 38.5. The number of ether oxygens (including phenoxy) is 3. The van der Waals surface area contributed by atoms with Gasteiger partial charge in [0.1, 0.15) is 48.2 Å². The number of rotatable bonds is 6. The van der Waals surface area contributed by atoms with E-state index in [0.717, 1.165) is 6.42 Å². The van der Waals surface area contributed by atoms with Gasteiger partial charge in [0.2, 0.25) is 5.88 Å². The van der Waals surface area contributed by atoms with Gasteiger partial charge in [0, 0.05) is 39.9 Å². The Labute approximate surface area is 369 Å². The summed E-state index contributed by atoms with van der Waals surface area (Å²) in [6.45, 7) is 26.7. The molecule has 332 valence electrons. The molecule has 2 aromatic heterocycles. The molecular formula is C47H61FN6O6SSi. The number of halogens is 1. The van der Waals surface area contributed by atoms with Gasteiger partial charge < -0.3 is 23.7 Å². The maximum absolute atomic E-state index is 17.9. The van der Waals surface area contributed by atoms with E-state index in [1.165, 1.54) is 6.26 Å². The van der Waals surface area contributed by atoms with Crippen LogP contribution in [-0.2, 0) is 20.6 Å². The summed E-state index contributed by atoms with van der Waals surface area (Å²) >= 11 is -1.70. The van der Waals surface area contributed by atoms with Crippen LogP contribution in [0.15, 0.2) is 35.5 Å². The van der Waals surface area contributed by atoms with Crippen LogP contribution in [0.4, 0.5) is 25.5 Å². The molecule has 5 heterocycles. The number of anilines is 2. The molecule has 1 N–H and O–H groups in total. The fourth-order valence-electron chi connectivity index (χ4n) is 10.1. The second-order valence-corrected chi connectivity index (χ2v) is 26.8. The summed E-state index contributed by atoms with van der Waals surface area (Å²) in [7, 11) is -2.21. The van der Waals surface area contributed by atoms with Gasteiger partial charge >= 0.3 is 17.3 Å². The lowest BCUT2D eigenvalue weighted by Crippen LogP contribution is -2.65. The minimum absolute atomic E-state index is 0.0427. The minimum Gasteiger partial charge on any atom is -0.609 e. The first-order valence-corrected chi connectivity index (χ1v) is 25.5. The summed E-state index contributed by atoms with van der Waals surface area (Å²) in [6, 6.07) is 8.32. The van der Waals surface area contributed by atoms with Crippen LogP contribution in [0.25, 0.3) is 32.9 Å². The highest BCUT2D eigenvalue weighted by Gasteiger charge is 2.54. The van der Waals surface area contributed by atoms with E-state index in [0.29, 0.717) is 63.0 Å². The first-order chi connectivity index (χ1) is 28.9. The second kappa shape index (κ2) is 16.5. The molecule has 5 atom stereocenters. The summed E-state index contributed by atoms with van der Waals surface area (Å²) in [4.78, 5) is 45.3.